The maximum Gasteiger partial charge on any atom is 0.410 e. The van der Waals surface area contributed by atoms with Crippen molar-refractivity contribution in [2.24, 2.45) is 5.92 Å². The van der Waals surface area contributed by atoms with Crippen molar-refractivity contribution in [3.63, 3.8) is 0 Å². The first kappa shape index (κ1) is 18.0. The summed E-state index contributed by atoms with van der Waals surface area (Å²) in [5.41, 5.74) is -0.425. The molecule has 0 spiro atoms. The van der Waals surface area contributed by atoms with Gasteiger partial charge < -0.3 is 9.64 Å². The first-order valence-corrected chi connectivity index (χ1v) is 8.20. The molecule has 0 radical (unpaired) electrons. The van der Waals surface area contributed by atoms with E-state index in [2.05, 4.69) is 4.98 Å². The zero-order valence-corrected chi connectivity index (χ0v) is 15.1. The Balaban J connectivity index is 2.17. The molecule has 1 aromatic heterocycles. The van der Waals surface area contributed by atoms with Gasteiger partial charge in [-0.15, -0.1) is 0 Å². The van der Waals surface area contributed by atoms with Gasteiger partial charge in [0.05, 0.1) is 5.02 Å². The van der Waals surface area contributed by atoms with E-state index in [1.54, 1.807) is 11.0 Å². The van der Waals surface area contributed by atoms with Crippen LogP contribution < -0.4 is 0 Å². The molecule has 0 aliphatic carbocycles. The highest BCUT2D eigenvalue weighted by atomic mass is 35.5. The quantitative estimate of drug-likeness (QED) is 0.710. The Hall–Kier alpha value is -1.36. The number of likely N-dealkylation sites (tertiary alicyclic amines) is 1. The van der Waals surface area contributed by atoms with Crippen molar-refractivity contribution >= 4 is 17.7 Å². The molecule has 1 fully saturated rings. The van der Waals surface area contributed by atoms with Crippen molar-refractivity contribution in [1.82, 2.24) is 9.88 Å². The van der Waals surface area contributed by atoms with E-state index in [0.29, 0.717) is 30.1 Å². The molecule has 1 unspecified atom stereocenters. The van der Waals surface area contributed by atoms with Gasteiger partial charge in [0.2, 0.25) is 5.95 Å². The van der Waals surface area contributed by atoms with E-state index in [1.807, 2.05) is 34.6 Å². The fourth-order valence-corrected chi connectivity index (χ4v) is 3.11. The standard InChI is InChI=1S/C17H24ClFN2O2/c1-11-10-21(15(22)23-16(2,3)4)7-6-17(11,5)13-8-12(18)9-20-14(13)19/h8-9,11H,6-7,10H2,1-5H3/t11-,17?/m0/s1. The second kappa shape index (κ2) is 6.27. The van der Waals surface area contributed by atoms with Crippen LogP contribution >= 0.6 is 11.6 Å². The normalized spacial score (nSPS) is 25.3. The van der Waals surface area contributed by atoms with Crippen LogP contribution in [0.3, 0.4) is 0 Å². The summed E-state index contributed by atoms with van der Waals surface area (Å²) in [5.74, 6) is -0.437. The van der Waals surface area contributed by atoms with Crippen LogP contribution in [0.5, 0.6) is 0 Å². The number of ether oxygens (including phenoxy) is 1. The third-order valence-electron chi connectivity index (χ3n) is 4.56. The summed E-state index contributed by atoms with van der Waals surface area (Å²) < 4.78 is 19.6. The molecular weight excluding hydrogens is 319 g/mol. The van der Waals surface area contributed by atoms with Gasteiger partial charge in [-0.2, -0.15) is 4.39 Å². The van der Waals surface area contributed by atoms with E-state index >= 15 is 0 Å². The van der Waals surface area contributed by atoms with Crippen molar-refractivity contribution in [2.45, 2.75) is 52.1 Å². The highest BCUT2D eigenvalue weighted by Crippen LogP contribution is 2.41. The van der Waals surface area contributed by atoms with Crippen molar-refractivity contribution in [3.8, 4) is 0 Å². The number of rotatable bonds is 1. The van der Waals surface area contributed by atoms with E-state index in [9.17, 15) is 9.18 Å². The second-order valence-electron chi connectivity index (χ2n) is 7.49. The lowest BCUT2D eigenvalue weighted by molar-refractivity contribution is 0.00892. The van der Waals surface area contributed by atoms with Gasteiger partial charge >= 0.3 is 6.09 Å². The van der Waals surface area contributed by atoms with Crippen molar-refractivity contribution in [2.75, 3.05) is 13.1 Å². The van der Waals surface area contributed by atoms with Crippen LogP contribution in [0.25, 0.3) is 0 Å². The molecule has 1 aliphatic heterocycles. The van der Waals surface area contributed by atoms with Crippen LogP contribution in [0.2, 0.25) is 5.02 Å². The summed E-state index contributed by atoms with van der Waals surface area (Å²) in [6.45, 7) is 10.6. The molecule has 128 valence electrons. The molecule has 1 aromatic rings. The molecule has 1 aliphatic rings. The van der Waals surface area contributed by atoms with E-state index < -0.39 is 17.0 Å². The van der Waals surface area contributed by atoms with Crippen LogP contribution in [0, 0.1) is 11.9 Å². The van der Waals surface area contributed by atoms with Crippen LogP contribution in [-0.2, 0) is 10.2 Å². The fourth-order valence-electron chi connectivity index (χ4n) is 2.95. The highest BCUT2D eigenvalue weighted by Gasteiger charge is 2.42. The molecule has 23 heavy (non-hydrogen) atoms. The maximum absolute atomic E-state index is 14.2. The predicted octanol–water partition coefficient (Wildman–Crippen LogP) is 4.41. The van der Waals surface area contributed by atoms with E-state index in [0.717, 1.165) is 0 Å². The van der Waals surface area contributed by atoms with Crippen LogP contribution in [0.15, 0.2) is 12.3 Å². The highest BCUT2D eigenvalue weighted by molar-refractivity contribution is 6.30. The van der Waals surface area contributed by atoms with Crippen molar-refractivity contribution in [1.29, 1.82) is 0 Å². The smallest absolute Gasteiger partial charge is 0.410 e. The molecule has 2 atom stereocenters. The zero-order valence-electron chi connectivity index (χ0n) is 14.3. The minimum absolute atomic E-state index is 0.0542. The summed E-state index contributed by atoms with van der Waals surface area (Å²) in [7, 11) is 0. The first-order valence-electron chi connectivity index (χ1n) is 7.82. The summed E-state index contributed by atoms with van der Waals surface area (Å²) in [4.78, 5) is 17.6. The molecule has 1 saturated heterocycles. The number of halogens is 2. The van der Waals surface area contributed by atoms with Crippen LogP contribution in [-0.4, -0.2) is 34.7 Å². The number of aromatic nitrogens is 1. The second-order valence-corrected chi connectivity index (χ2v) is 7.92. The molecule has 1 amide bonds. The molecule has 6 heteroatoms. The summed E-state index contributed by atoms with van der Waals surface area (Å²) in [5, 5.41) is 0.421. The SMILES string of the molecule is C[C@H]1CN(C(=O)OC(C)(C)C)CCC1(C)c1cc(Cl)cnc1F. The van der Waals surface area contributed by atoms with Gasteiger partial charge in [0, 0.05) is 30.3 Å². The van der Waals surface area contributed by atoms with Crippen molar-refractivity contribution in [3.05, 3.63) is 28.8 Å². The van der Waals surface area contributed by atoms with Gasteiger partial charge in [-0.3, -0.25) is 0 Å². The van der Waals surface area contributed by atoms with Gasteiger partial charge in [0.25, 0.3) is 0 Å². The maximum atomic E-state index is 14.2. The molecule has 2 heterocycles. The third kappa shape index (κ3) is 3.94. The van der Waals surface area contributed by atoms with Crippen molar-refractivity contribution < 1.29 is 13.9 Å². The molecule has 0 saturated carbocycles. The average Bonchev–Trinajstić information content (AvgIpc) is 2.42. The Morgan fingerprint density at radius 3 is 2.74 bits per heavy atom. The number of carbonyl (C=O) groups is 1. The lowest BCUT2D eigenvalue weighted by Gasteiger charge is -2.44. The number of hydrogen-bond donors (Lipinski definition) is 0. The third-order valence-corrected chi connectivity index (χ3v) is 4.76. The Bertz CT molecular complexity index is 603. The molecule has 4 nitrogen and oxygen atoms in total. The minimum atomic E-state index is -0.524. The number of amides is 1. The zero-order chi connectivity index (χ0) is 17.4. The summed E-state index contributed by atoms with van der Waals surface area (Å²) >= 11 is 5.98. The van der Waals surface area contributed by atoms with Gasteiger partial charge in [-0.05, 0) is 39.2 Å². The lowest BCUT2D eigenvalue weighted by Crippen LogP contribution is -2.50. The Kier molecular flexibility index (Phi) is 4.90. The Morgan fingerprint density at radius 1 is 1.52 bits per heavy atom. The monoisotopic (exact) mass is 342 g/mol. The van der Waals surface area contributed by atoms with Gasteiger partial charge in [0.15, 0.2) is 0 Å². The fraction of sp³-hybridized carbons (Fsp3) is 0.647. The number of hydrogen-bond acceptors (Lipinski definition) is 3. The van der Waals surface area contributed by atoms with E-state index in [4.69, 9.17) is 16.3 Å². The average molecular weight is 343 g/mol. The molecule has 2 rings (SSSR count). The summed E-state index contributed by atoms with van der Waals surface area (Å²) in [6.07, 6.45) is 1.62. The largest absolute Gasteiger partial charge is 0.444 e. The van der Waals surface area contributed by atoms with Gasteiger partial charge in [-0.25, -0.2) is 9.78 Å². The van der Waals surface area contributed by atoms with Gasteiger partial charge in [-0.1, -0.05) is 25.4 Å². The summed E-state index contributed by atoms with van der Waals surface area (Å²) in [6, 6.07) is 1.64. The number of piperidine rings is 1. The van der Waals surface area contributed by atoms with E-state index in [1.165, 1.54) is 6.20 Å². The Morgan fingerprint density at radius 2 is 2.17 bits per heavy atom. The first-order chi connectivity index (χ1) is 10.5. The molecule has 0 bridgehead atoms. The molecular formula is C17H24ClFN2O2. The Labute approximate surface area is 142 Å². The van der Waals surface area contributed by atoms with Crippen LogP contribution in [0.4, 0.5) is 9.18 Å². The molecule has 0 N–H and O–H groups in total. The molecule has 0 aromatic carbocycles. The minimum Gasteiger partial charge on any atom is -0.444 e. The number of carbonyl (C=O) groups excluding carboxylic acids is 1. The lowest BCUT2D eigenvalue weighted by atomic mass is 9.68. The topological polar surface area (TPSA) is 42.4 Å². The van der Waals surface area contributed by atoms with Gasteiger partial charge in [0.1, 0.15) is 5.60 Å². The van der Waals surface area contributed by atoms with Crippen LogP contribution in [0.1, 0.15) is 46.6 Å². The number of nitrogens with zero attached hydrogens (tertiary/aromatic N) is 2. The van der Waals surface area contributed by atoms with E-state index in [-0.39, 0.29) is 12.0 Å². The number of pyridine rings is 1. The predicted molar refractivity (Wildman–Crippen MR) is 88.1 cm³/mol.